The summed E-state index contributed by atoms with van der Waals surface area (Å²) in [5, 5.41) is 0. The van der Waals surface area contributed by atoms with Gasteiger partial charge in [0.1, 0.15) is 0 Å². The molecule has 1 aliphatic rings. The fraction of sp³-hybridized carbons (Fsp3) is 0.588. The van der Waals surface area contributed by atoms with E-state index < -0.39 is 0 Å². The van der Waals surface area contributed by atoms with E-state index in [1.165, 1.54) is 5.56 Å². The molecule has 0 radical (unpaired) electrons. The zero-order valence-corrected chi connectivity index (χ0v) is 12.8. The summed E-state index contributed by atoms with van der Waals surface area (Å²) >= 11 is 0. The summed E-state index contributed by atoms with van der Waals surface area (Å²) in [6.45, 7) is 7.58. The van der Waals surface area contributed by atoms with Crippen molar-refractivity contribution in [2.45, 2.75) is 32.7 Å². The second kappa shape index (κ2) is 7.55. The van der Waals surface area contributed by atoms with Gasteiger partial charge in [-0.25, -0.2) is 0 Å². The van der Waals surface area contributed by atoms with Crippen molar-refractivity contribution in [1.82, 2.24) is 9.80 Å². The van der Waals surface area contributed by atoms with Gasteiger partial charge in [0.25, 0.3) is 0 Å². The molecular formula is C17H26N2O. The van der Waals surface area contributed by atoms with Crippen molar-refractivity contribution in [3.05, 3.63) is 35.4 Å². The maximum absolute atomic E-state index is 12.1. The molecule has 1 saturated heterocycles. The number of piperazine rings is 1. The lowest BCUT2D eigenvalue weighted by molar-refractivity contribution is 0.0979. The lowest BCUT2D eigenvalue weighted by Crippen LogP contribution is -2.43. The summed E-state index contributed by atoms with van der Waals surface area (Å²) < 4.78 is 0. The van der Waals surface area contributed by atoms with Gasteiger partial charge in [0, 0.05) is 44.7 Å². The number of hydrogen-bond acceptors (Lipinski definition) is 3. The van der Waals surface area contributed by atoms with Gasteiger partial charge in [0.15, 0.2) is 5.78 Å². The molecule has 0 atom stereocenters. The molecule has 0 bridgehead atoms. The second-order valence-corrected chi connectivity index (χ2v) is 5.81. The SMILES string of the molecule is CCCCC(=O)c1cccc(CN2CCN(C)CC2)c1. The quantitative estimate of drug-likeness (QED) is 0.745. The van der Waals surface area contributed by atoms with Gasteiger partial charge >= 0.3 is 0 Å². The first kappa shape index (κ1) is 15.2. The van der Waals surface area contributed by atoms with Gasteiger partial charge in [0.2, 0.25) is 0 Å². The number of benzene rings is 1. The van der Waals surface area contributed by atoms with E-state index in [1.807, 2.05) is 12.1 Å². The highest BCUT2D eigenvalue weighted by Gasteiger charge is 2.14. The Morgan fingerprint density at radius 1 is 1.20 bits per heavy atom. The van der Waals surface area contributed by atoms with E-state index in [0.29, 0.717) is 6.42 Å². The molecule has 3 nitrogen and oxygen atoms in total. The van der Waals surface area contributed by atoms with Gasteiger partial charge in [-0.3, -0.25) is 9.69 Å². The molecule has 20 heavy (non-hydrogen) atoms. The van der Waals surface area contributed by atoms with Crippen molar-refractivity contribution in [3.8, 4) is 0 Å². The molecule has 1 aliphatic heterocycles. The fourth-order valence-electron chi connectivity index (χ4n) is 2.59. The van der Waals surface area contributed by atoms with Crippen LogP contribution in [-0.4, -0.2) is 48.8 Å². The van der Waals surface area contributed by atoms with Gasteiger partial charge in [-0.2, -0.15) is 0 Å². The molecule has 0 N–H and O–H groups in total. The Morgan fingerprint density at radius 3 is 2.65 bits per heavy atom. The normalized spacial score (nSPS) is 17.3. The zero-order valence-electron chi connectivity index (χ0n) is 12.8. The van der Waals surface area contributed by atoms with Crippen LogP contribution in [-0.2, 0) is 6.54 Å². The van der Waals surface area contributed by atoms with Crippen molar-refractivity contribution in [2.75, 3.05) is 33.2 Å². The van der Waals surface area contributed by atoms with Crippen molar-refractivity contribution in [2.24, 2.45) is 0 Å². The number of Topliss-reactive ketones (excluding diaryl/α,β-unsaturated/α-hetero) is 1. The maximum atomic E-state index is 12.1. The molecule has 3 heteroatoms. The van der Waals surface area contributed by atoms with Crippen LogP contribution in [0.2, 0.25) is 0 Å². The zero-order chi connectivity index (χ0) is 14.4. The second-order valence-electron chi connectivity index (χ2n) is 5.81. The maximum Gasteiger partial charge on any atom is 0.162 e. The standard InChI is InChI=1S/C17H26N2O/c1-3-4-8-17(20)16-7-5-6-15(13-16)14-19-11-9-18(2)10-12-19/h5-7,13H,3-4,8-12,14H2,1-2H3. The van der Waals surface area contributed by atoms with Crippen LogP contribution in [0, 0.1) is 0 Å². The number of rotatable bonds is 6. The van der Waals surface area contributed by atoms with E-state index in [4.69, 9.17) is 0 Å². The summed E-state index contributed by atoms with van der Waals surface area (Å²) in [7, 11) is 2.17. The minimum absolute atomic E-state index is 0.284. The summed E-state index contributed by atoms with van der Waals surface area (Å²) in [6.07, 6.45) is 2.74. The summed E-state index contributed by atoms with van der Waals surface area (Å²) in [6, 6.07) is 8.18. The molecule has 110 valence electrons. The monoisotopic (exact) mass is 274 g/mol. The molecule has 0 saturated carbocycles. The van der Waals surface area contributed by atoms with Crippen LogP contribution in [0.5, 0.6) is 0 Å². The van der Waals surface area contributed by atoms with Crippen LogP contribution < -0.4 is 0 Å². The third-order valence-corrected chi connectivity index (χ3v) is 4.01. The first-order chi connectivity index (χ1) is 9.69. The predicted octanol–water partition coefficient (Wildman–Crippen LogP) is 2.81. The van der Waals surface area contributed by atoms with Gasteiger partial charge in [-0.15, -0.1) is 0 Å². The van der Waals surface area contributed by atoms with Gasteiger partial charge < -0.3 is 4.90 Å². The Hall–Kier alpha value is -1.19. The van der Waals surface area contributed by atoms with Crippen LogP contribution in [0.3, 0.4) is 0 Å². The fourth-order valence-corrected chi connectivity index (χ4v) is 2.59. The Kier molecular flexibility index (Phi) is 5.74. The summed E-state index contributed by atoms with van der Waals surface area (Å²) in [4.78, 5) is 16.9. The smallest absolute Gasteiger partial charge is 0.162 e. The van der Waals surface area contributed by atoms with E-state index in [-0.39, 0.29) is 5.78 Å². The minimum atomic E-state index is 0.284. The lowest BCUT2D eigenvalue weighted by atomic mass is 10.0. The van der Waals surface area contributed by atoms with E-state index in [2.05, 4.69) is 35.9 Å². The average molecular weight is 274 g/mol. The van der Waals surface area contributed by atoms with Crippen LogP contribution in [0.15, 0.2) is 24.3 Å². The molecule has 0 spiro atoms. The lowest BCUT2D eigenvalue weighted by Gasteiger charge is -2.32. The summed E-state index contributed by atoms with van der Waals surface area (Å²) in [5.74, 6) is 0.284. The molecule has 2 rings (SSSR count). The van der Waals surface area contributed by atoms with Crippen molar-refractivity contribution in [1.29, 1.82) is 0 Å². The number of hydrogen-bond donors (Lipinski definition) is 0. The van der Waals surface area contributed by atoms with Crippen molar-refractivity contribution >= 4 is 5.78 Å². The number of likely N-dealkylation sites (N-methyl/N-ethyl adjacent to an activating group) is 1. The third kappa shape index (κ3) is 4.43. The average Bonchev–Trinajstić information content (AvgIpc) is 2.47. The van der Waals surface area contributed by atoms with E-state index in [0.717, 1.165) is 51.1 Å². The Bertz CT molecular complexity index is 436. The van der Waals surface area contributed by atoms with E-state index in [9.17, 15) is 4.79 Å². The van der Waals surface area contributed by atoms with Crippen molar-refractivity contribution in [3.63, 3.8) is 0 Å². The molecule has 1 aromatic rings. The molecule has 1 heterocycles. The number of ketones is 1. The van der Waals surface area contributed by atoms with Crippen molar-refractivity contribution < 1.29 is 4.79 Å². The van der Waals surface area contributed by atoms with Crippen LogP contribution in [0.1, 0.15) is 42.1 Å². The van der Waals surface area contributed by atoms with Crippen LogP contribution in [0.4, 0.5) is 0 Å². The van der Waals surface area contributed by atoms with Gasteiger partial charge in [-0.05, 0) is 25.1 Å². The number of carbonyl (C=O) groups excluding carboxylic acids is 1. The first-order valence-electron chi connectivity index (χ1n) is 7.72. The molecule has 0 aromatic heterocycles. The number of nitrogens with zero attached hydrogens (tertiary/aromatic N) is 2. The minimum Gasteiger partial charge on any atom is -0.304 e. The van der Waals surface area contributed by atoms with Crippen LogP contribution in [0.25, 0.3) is 0 Å². The van der Waals surface area contributed by atoms with Gasteiger partial charge in [-0.1, -0.05) is 31.5 Å². The van der Waals surface area contributed by atoms with E-state index in [1.54, 1.807) is 0 Å². The molecule has 0 unspecified atom stereocenters. The molecule has 1 aromatic carbocycles. The topological polar surface area (TPSA) is 23.6 Å². The highest BCUT2D eigenvalue weighted by Crippen LogP contribution is 2.13. The van der Waals surface area contributed by atoms with Gasteiger partial charge in [0.05, 0.1) is 0 Å². The highest BCUT2D eigenvalue weighted by molar-refractivity contribution is 5.96. The largest absolute Gasteiger partial charge is 0.304 e. The molecule has 0 aliphatic carbocycles. The van der Waals surface area contributed by atoms with E-state index >= 15 is 0 Å². The Morgan fingerprint density at radius 2 is 1.95 bits per heavy atom. The Labute approximate surface area is 122 Å². The predicted molar refractivity (Wildman–Crippen MR) is 83.1 cm³/mol. The summed E-state index contributed by atoms with van der Waals surface area (Å²) in [5.41, 5.74) is 2.14. The molecule has 0 amide bonds. The molecule has 1 fully saturated rings. The highest BCUT2D eigenvalue weighted by atomic mass is 16.1. The number of unbranched alkanes of at least 4 members (excludes halogenated alkanes) is 1. The Balaban J connectivity index is 1.93. The first-order valence-corrected chi connectivity index (χ1v) is 7.72. The third-order valence-electron chi connectivity index (χ3n) is 4.01. The molecular weight excluding hydrogens is 248 g/mol. The number of carbonyl (C=O) groups is 1. The van der Waals surface area contributed by atoms with Crippen LogP contribution >= 0.6 is 0 Å².